The fraction of sp³-hybridized carbons (Fsp3) is 0.158. The topological polar surface area (TPSA) is 101 Å². The molecule has 1 heterocycles. The zero-order valence-electron chi connectivity index (χ0n) is 13.8. The molecule has 0 aliphatic heterocycles. The Bertz CT molecular complexity index is 998. The molecule has 0 bridgehead atoms. The molecule has 7 nitrogen and oxygen atoms in total. The van der Waals surface area contributed by atoms with Crippen LogP contribution < -0.4 is 10.9 Å². The van der Waals surface area contributed by atoms with Gasteiger partial charge in [-0.05, 0) is 11.6 Å². The van der Waals surface area contributed by atoms with Gasteiger partial charge in [-0.25, -0.2) is 9.48 Å². The molecular formula is C19H17N3O4. The summed E-state index contributed by atoms with van der Waals surface area (Å²) >= 11 is 0. The second kappa shape index (κ2) is 7.60. The summed E-state index contributed by atoms with van der Waals surface area (Å²) < 4.78 is 1.03. The monoisotopic (exact) mass is 351 g/mol. The Morgan fingerprint density at radius 3 is 2.50 bits per heavy atom. The van der Waals surface area contributed by atoms with E-state index >= 15 is 0 Å². The molecule has 0 saturated carbocycles. The number of carboxylic acids is 1. The fourth-order valence-electron chi connectivity index (χ4n) is 2.67. The van der Waals surface area contributed by atoms with Gasteiger partial charge in [0.15, 0.2) is 0 Å². The molecule has 0 saturated heterocycles. The third kappa shape index (κ3) is 3.94. The molecule has 2 N–H and O–H groups in total. The minimum Gasteiger partial charge on any atom is -0.480 e. The third-order valence-electron chi connectivity index (χ3n) is 3.97. The molecule has 0 fully saturated rings. The lowest BCUT2D eigenvalue weighted by Crippen LogP contribution is -2.44. The average Bonchev–Trinajstić information content (AvgIpc) is 2.64. The first-order valence-electron chi connectivity index (χ1n) is 8.05. The van der Waals surface area contributed by atoms with E-state index in [2.05, 4.69) is 10.4 Å². The summed E-state index contributed by atoms with van der Waals surface area (Å²) in [7, 11) is 0. The maximum absolute atomic E-state index is 12.4. The number of carbonyl (C=O) groups is 2. The average molecular weight is 351 g/mol. The summed E-state index contributed by atoms with van der Waals surface area (Å²) in [6, 6.07) is 14.9. The number of benzene rings is 2. The summed E-state index contributed by atoms with van der Waals surface area (Å²) in [4.78, 5) is 36.0. The summed E-state index contributed by atoms with van der Waals surface area (Å²) in [5, 5.41) is 16.9. The van der Waals surface area contributed by atoms with Gasteiger partial charge in [-0.1, -0.05) is 48.5 Å². The van der Waals surface area contributed by atoms with Crippen LogP contribution in [0, 0.1) is 0 Å². The largest absolute Gasteiger partial charge is 0.480 e. The number of carboxylic acid groups (broad SMARTS) is 1. The van der Waals surface area contributed by atoms with Crippen molar-refractivity contribution in [2.45, 2.75) is 19.0 Å². The van der Waals surface area contributed by atoms with Crippen LogP contribution in [0.2, 0.25) is 0 Å². The van der Waals surface area contributed by atoms with Crippen molar-refractivity contribution in [3.8, 4) is 0 Å². The minimum absolute atomic E-state index is 0.155. The van der Waals surface area contributed by atoms with E-state index in [1.54, 1.807) is 48.5 Å². The number of aromatic nitrogens is 2. The molecule has 2 aromatic carbocycles. The van der Waals surface area contributed by atoms with Crippen molar-refractivity contribution in [1.29, 1.82) is 0 Å². The van der Waals surface area contributed by atoms with Crippen molar-refractivity contribution in [3.63, 3.8) is 0 Å². The Hall–Kier alpha value is -3.48. The van der Waals surface area contributed by atoms with Crippen LogP contribution in [-0.4, -0.2) is 32.8 Å². The van der Waals surface area contributed by atoms with Gasteiger partial charge < -0.3 is 10.4 Å². The minimum atomic E-state index is -1.14. The number of aliphatic carboxylic acids is 1. The summed E-state index contributed by atoms with van der Waals surface area (Å²) in [6.07, 6.45) is 1.66. The molecule has 0 aliphatic rings. The number of nitrogens with zero attached hydrogens (tertiary/aromatic N) is 2. The number of amides is 1. The van der Waals surface area contributed by atoms with Crippen LogP contribution in [0.3, 0.4) is 0 Å². The number of rotatable bonds is 6. The zero-order chi connectivity index (χ0) is 18.5. The number of hydrogen-bond acceptors (Lipinski definition) is 4. The van der Waals surface area contributed by atoms with Gasteiger partial charge in [0.25, 0.3) is 5.56 Å². The molecule has 132 valence electrons. The van der Waals surface area contributed by atoms with Crippen molar-refractivity contribution in [2.24, 2.45) is 0 Å². The predicted octanol–water partition coefficient (Wildman–Crippen LogP) is 1.21. The Balaban J connectivity index is 1.74. The molecule has 1 amide bonds. The van der Waals surface area contributed by atoms with E-state index < -0.39 is 23.5 Å². The van der Waals surface area contributed by atoms with Crippen LogP contribution in [0.25, 0.3) is 10.8 Å². The van der Waals surface area contributed by atoms with E-state index in [4.69, 9.17) is 0 Å². The molecule has 1 atom stereocenters. The van der Waals surface area contributed by atoms with Crippen molar-refractivity contribution >= 4 is 22.6 Å². The van der Waals surface area contributed by atoms with Gasteiger partial charge in [-0.2, -0.15) is 5.10 Å². The van der Waals surface area contributed by atoms with Crippen LogP contribution in [-0.2, 0) is 22.6 Å². The van der Waals surface area contributed by atoms with Gasteiger partial charge in [0.1, 0.15) is 12.6 Å². The van der Waals surface area contributed by atoms with Gasteiger partial charge in [-0.3, -0.25) is 9.59 Å². The standard InChI is InChI=1S/C19H17N3O4/c23-17(21-16(19(25)26)10-13-6-2-1-3-7-13)12-22-18(24)15-9-5-4-8-14(15)11-20-22/h1-9,11,16H,10,12H2,(H,21,23)(H,25,26)/t16-/m0/s1. The molecular weight excluding hydrogens is 334 g/mol. The number of nitrogens with one attached hydrogen (secondary N) is 1. The van der Waals surface area contributed by atoms with E-state index in [0.29, 0.717) is 10.8 Å². The molecule has 7 heteroatoms. The first-order chi connectivity index (χ1) is 12.5. The van der Waals surface area contributed by atoms with E-state index in [1.807, 2.05) is 6.07 Å². The lowest BCUT2D eigenvalue weighted by molar-refractivity contribution is -0.141. The van der Waals surface area contributed by atoms with E-state index in [-0.39, 0.29) is 13.0 Å². The molecule has 3 aromatic rings. The smallest absolute Gasteiger partial charge is 0.326 e. The summed E-state index contributed by atoms with van der Waals surface area (Å²) in [6.45, 7) is -0.345. The molecule has 0 unspecified atom stereocenters. The first kappa shape index (κ1) is 17.3. The lowest BCUT2D eigenvalue weighted by Gasteiger charge is -2.15. The van der Waals surface area contributed by atoms with Crippen LogP contribution in [0.4, 0.5) is 0 Å². The van der Waals surface area contributed by atoms with Gasteiger partial charge in [0.05, 0.1) is 11.6 Å². The molecule has 0 aliphatic carbocycles. The Morgan fingerprint density at radius 2 is 1.77 bits per heavy atom. The lowest BCUT2D eigenvalue weighted by atomic mass is 10.1. The predicted molar refractivity (Wildman–Crippen MR) is 95.7 cm³/mol. The third-order valence-corrected chi connectivity index (χ3v) is 3.97. The van der Waals surface area contributed by atoms with Crippen LogP contribution in [0.5, 0.6) is 0 Å². The molecule has 26 heavy (non-hydrogen) atoms. The normalized spacial score (nSPS) is 11.8. The Morgan fingerprint density at radius 1 is 1.08 bits per heavy atom. The van der Waals surface area contributed by atoms with Gasteiger partial charge in [-0.15, -0.1) is 0 Å². The van der Waals surface area contributed by atoms with E-state index in [9.17, 15) is 19.5 Å². The molecule has 0 spiro atoms. The second-order valence-electron chi connectivity index (χ2n) is 5.84. The SMILES string of the molecule is O=C(Cn1ncc2ccccc2c1=O)N[C@@H](Cc1ccccc1)C(=O)O. The van der Waals surface area contributed by atoms with E-state index in [1.165, 1.54) is 6.20 Å². The van der Waals surface area contributed by atoms with Crippen LogP contribution in [0.15, 0.2) is 65.6 Å². The Labute approximate surface area is 148 Å². The molecule has 0 radical (unpaired) electrons. The highest BCUT2D eigenvalue weighted by molar-refractivity contribution is 5.84. The second-order valence-corrected chi connectivity index (χ2v) is 5.84. The highest BCUT2D eigenvalue weighted by Crippen LogP contribution is 2.06. The fourth-order valence-corrected chi connectivity index (χ4v) is 2.67. The first-order valence-corrected chi connectivity index (χ1v) is 8.05. The Kier molecular flexibility index (Phi) is 5.07. The summed E-state index contributed by atoms with van der Waals surface area (Å²) in [5.41, 5.74) is 0.398. The van der Waals surface area contributed by atoms with Crippen molar-refractivity contribution in [2.75, 3.05) is 0 Å². The zero-order valence-corrected chi connectivity index (χ0v) is 13.8. The van der Waals surface area contributed by atoms with Gasteiger partial charge >= 0.3 is 5.97 Å². The van der Waals surface area contributed by atoms with Crippen LogP contribution in [0.1, 0.15) is 5.56 Å². The van der Waals surface area contributed by atoms with Crippen molar-refractivity contribution in [3.05, 3.63) is 76.7 Å². The van der Waals surface area contributed by atoms with E-state index in [0.717, 1.165) is 10.2 Å². The van der Waals surface area contributed by atoms with Gasteiger partial charge in [0.2, 0.25) is 5.91 Å². The maximum atomic E-state index is 12.4. The molecule has 1 aromatic heterocycles. The number of carbonyl (C=O) groups excluding carboxylic acids is 1. The highest BCUT2D eigenvalue weighted by atomic mass is 16.4. The maximum Gasteiger partial charge on any atom is 0.326 e. The van der Waals surface area contributed by atoms with Crippen LogP contribution >= 0.6 is 0 Å². The highest BCUT2D eigenvalue weighted by Gasteiger charge is 2.21. The number of fused-ring (bicyclic) bond motifs is 1. The quantitative estimate of drug-likeness (QED) is 0.695. The van der Waals surface area contributed by atoms with Gasteiger partial charge in [0, 0.05) is 11.8 Å². The summed E-state index contributed by atoms with van der Waals surface area (Å²) in [5.74, 6) is -1.72. The number of hydrogen-bond donors (Lipinski definition) is 2. The molecule has 3 rings (SSSR count). The van der Waals surface area contributed by atoms with Crippen molar-refractivity contribution < 1.29 is 14.7 Å². The van der Waals surface area contributed by atoms with Crippen molar-refractivity contribution in [1.82, 2.24) is 15.1 Å².